The van der Waals surface area contributed by atoms with Crippen molar-refractivity contribution < 1.29 is 13.2 Å². The van der Waals surface area contributed by atoms with Gasteiger partial charge < -0.3 is 5.32 Å². The van der Waals surface area contributed by atoms with Crippen molar-refractivity contribution in [1.29, 1.82) is 5.26 Å². The number of sulfonamides is 1. The van der Waals surface area contributed by atoms with Crippen LogP contribution in [0.4, 0.5) is 11.4 Å². The summed E-state index contributed by atoms with van der Waals surface area (Å²) in [5.74, 6) is 0.311. The van der Waals surface area contributed by atoms with Crippen LogP contribution in [0, 0.1) is 11.3 Å². The smallest absolute Gasteiger partial charge is 0.264 e. The molecular weight excluding hydrogens is 454 g/mol. The number of carbonyl (C=O) groups is 1. The van der Waals surface area contributed by atoms with Crippen molar-refractivity contribution in [3.8, 4) is 6.07 Å². The Balaban J connectivity index is 1.51. The monoisotopic (exact) mass is 477 g/mol. The van der Waals surface area contributed by atoms with Gasteiger partial charge in [-0.2, -0.15) is 5.26 Å². The average Bonchev–Trinajstić information content (AvgIpc) is 2.85. The Kier molecular flexibility index (Phi) is 7.02. The second-order valence-corrected chi connectivity index (χ2v) is 10.5. The normalized spacial score (nSPS) is 13.1. The van der Waals surface area contributed by atoms with E-state index < -0.39 is 10.0 Å². The van der Waals surface area contributed by atoms with Gasteiger partial charge in [-0.25, -0.2) is 8.42 Å². The standard InChI is InChI=1S/C25H23N3O3S2/c26-16-6-18-32-24-11-4-2-9-22(24)27-25(29)20-12-14-21(15-13-20)33(30,31)28-17-5-8-19-7-1-3-10-23(19)28/h1-4,7,9-15H,5-6,8,17-18H2,(H,27,29). The predicted molar refractivity (Wildman–Crippen MR) is 131 cm³/mol. The molecule has 0 bridgehead atoms. The molecule has 1 aliphatic rings. The summed E-state index contributed by atoms with van der Waals surface area (Å²) in [5, 5.41) is 11.6. The number of rotatable bonds is 7. The fourth-order valence-corrected chi connectivity index (χ4v) is 6.15. The molecule has 33 heavy (non-hydrogen) atoms. The van der Waals surface area contributed by atoms with Crippen LogP contribution in [0.25, 0.3) is 0 Å². The number of hydrogen-bond acceptors (Lipinski definition) is 5. The number of anilines is 2. The van der Waals surface area contributed by atoms with E-state index in [1.54, 1.807) is 6.07 Å². The lowest BCUT2D eigenvalue weighted by Crippen LogP contribution is -2.35. The highest BCUT2D eigenvalue weighted by atomic mass is 32.2. The second-order valence-electron chi connectivity index (χ2n) is 7.54. The van der Waals surface area contributed by atoms with E-state index in [9.17, 15) is 13.2 Å². The average molecular weight is 478 g/mol. The van der Waals surface area contributed by atoms with Crippen LogP contribution in [0.15, 0.2) is 82.6 Å². The number of nitriles is 1. The van der Waals surface area contributed by atoms with Crippen molar-refractivity contribution >= 4 is 39.1 Å². The summed E-state index contributed by atoms with van der Waals surface area (Å²) < 4.78 is 28.0. The number of para-hydroxylation sites is 2. The minimum absolute atomic E-state index is 0.156. The first-order chi connectivity index (χ1) is 16.0. The maximum atomic E-state index is 13.3. The molecule has 0 saturated heterocycles. The third-order valence-corrected chi connectivity index (χ3v) is 8.28. The minimum Gasteiger partial charge on any atom is -0.321 e. The van der Waals surface area contributed by atoms with Gasteiger partial charge in [0, 0.05) is 29.2 Å². The Morgan fingerprint density at radius 3 is 2.55 bits per heavy atom. The highest BCUT2D eigenvalue weighted by molar-refractivity contribution is 7.99. The van der Waals surface area contributed by atoms with E-state index in [0.717, 1.165) is 29.0 Å². The second kappa shape index (κ2) is 10.1. The number of benzene rings is 3. The highest BCUT2D eigenvalue weighted by Crippen LogP contribution is 2.32. The molecular formula is C25H23N3O3S2. The van der Waals surface area contributed by atoms with Crippen LogP contribution in [0.5, 0.6) is 0 Å². The molecule has 8 heteroatoms. The van der Waals surface area contributed by atoms with E-state index in [2.05, 4.69) is 11.4 Å². The Labute approximate surface area is 198 Å². The van der Waals surface area contributed by atoms with Crippen molar-refractivity contribution in [2.45, 2.75) is 29.1 Å². The highest BCUT2D eigenvalue weighted by Gasteiger charge is 2.29. The number of thioether (sulfide) groups is 1. The zero-order chi connectivity index (χ0) is 23.3. The van der Waals surface area contributed by atoms with Gasteiger partial charge >= 0.3 is 0 Å². The number of nitrogens with zero attached hydrogens (tertiary/aromatic N) is 2. The molecule has 0 aliphatic carbocycles. The zero-order valence-electron chi connectivity index (χ0n) is 17.9. The molecule has 0 radical (unpaired) electrons. The lowest BCUT2D eigenvalue weighted by Gasteiger charge is -2.30. The Morgan fingerprint density at radius 1 is 1.03 bits per heavy atom. The van der Waals surface area contributed by atoms with Crippen LogP contribution in [0.2, 0.25) is 0 Å². The van der Waals surface area contributed by atoms with Crippen LogP contribution < -0.4 is 9.62 Å². The third-order valence-electron chi connectivity index (χ3n) is 5.38. The Hall–Kier alpha value is -3.28. The van der Waals surface area contributed by atoms with Crippen molar-refractivity contribution in [3.05, 3.63) is 83.9 Å². The molecule has 0 saturated carbocycles. The fraction of sp³-hybridized carbons (Fsp3) is 0.200. The summed E-state index contributed by atoms with van der Waals surface area (Å²) in [6.07, 6.45) is 2.05. The van der Waals surface area contributed by atoms with Crippen LogP contribution in [0.3, 0.4) is 0 Å². The third kappa shape index (κ3) is 5.05. The van der Waals surface area contributed by atoms with Crippen molar-refractivity contribution in [2.75, 3.05) is 21.9 Å². The summed E-state index contributed by atoms with van der Waals surface area (Å²) in [6, 6.07) is 23.1. The van der Waals surface area contributed by atoms with E-state index in [4.69, 9.17) is 5.26 Å². The molecule has 3 aromatic rings. The topological polar surface area (TPSA) is 90.3 Å². The van der Waals surface area contributed by atoms with Crippen LogP contribution >= 0.6 is 11.8 Å². The fourth-order valence-electron chi connectivity index (χ4n) is 3.75. The molecule has 1 N–H and O–H groups in total. The van der Waals surface area contributed by atoms with Crippen LogP contribution in [0.1, 0.15) is 28.8 Å². The van der Waals surface area contributed by atoms with E-state index in [1.807, 2.05) is 42.5 Å². The van der Waals surface area contributed by atoms with Gasteiger partial charge in [0.2, 0.25) is 0 Å². The lowest BCUT2D eigenvalue weighted by molar-refractivity contribution is 0.102. The number of nitrogens with one attached hydrogen (secondary N) is 1. The van der Waals surface area contributed by atoms with Gasteiger partial charge in [-0.15, -0.1) is 11.8 Å². The molecule has 168 valence electrons. The summed E-state index contributed by atoms with van der Waals surface area (Å²) in [5.41, 5.74) is 2.77. The molecule has 0 spiro atoms. The number of hydrogen-bond donors (Lipinski definition) is 1. The quantitative estimate of drug-likeness (QED) is 0.378. The van der Waals surface area contributed by atoms with Gasteiger partial charge in [-0.3, -0.25) is 9.10 Å². The molecule has 4 rings (SSSR count). The van der Waals surface area contributed by atoms with Gasteiger partial charge in [-0.1, -0.05) is 30.3 Å². The first-order valence-electron chi connectivity index (χ1n) is 10.6. The van der Waals surface area contributed by atoms with Crippen molar-refractivity contribution in [2.24, 2.45) is 0 Å². The number of fused-ring (bicyclic) bond motifs is 1. The van der Waals surface area contributed by atoms with E-state index in [-0.39, 0.29) is 10.8 Å². The van der Waals surface area contributed by atoms with Crippen molar-refractivity contribution in [1.82, 2.24) is 0 Å². The zero-order valence-corrected chi connectivity index (χ0v) is 19.5. The largest absolute Gasteiger partial charge is 0.321 e. The van der Waals surface area contributed by atoms with Crippen molar-refractivity contribution in [3.63, 3.8) is 0 Å². The molecule has 0 atom stereocenters. The van der Waals surface area contributed by atoms with E-state index in [0.29, 0.717) is 30.0 Å². The number of carbonyl (C=O) groups excluding carboxylic acids is 1. The maximum absolute atomic E-state index is 13.3. The van der Waals surface area contributed by atoms with Gasteiger partial charge in [-0.05, 0) is 60.9 Å². The molecule has 1 heterocycles. The maximum Gasteiger partial charge on any atom is 0.264 e. The van der Waals surface area contributed by atoms with Gasteiger partial charge in [0.25, 0.3) is 15.9 Å². The van der Waals surface area contributed by atoms with Gasteiger partial charge in [0.1, 0.15) is 0 Å². The molecule has 0 aromatic heterocycles. The molecule has 6 nitrogen and oxygen atoms in total. The number of aryl methyl sites for hydroxylation is 1. The molecule has 1 amide bonds. The van der Waals surface area contributed by atoms with Crippen LogP contribution in [-0.4, -0.2) is 26.6 Å². The first kappa shape index (κ1) is 22.9. The van der Waals surface area contributed by atoms with Crippen LogP contribution in [-0.2, 0) is 16.4 Å². The predicted octanol–water partition coefficient (Wildman–Crippen LogP) is 5.09. The Bertz CT molecular complexity index is 1300. The van der Waals surface area contributed by atoms with Gasteiger partial charge in [0.05, 0.1) is 22.3 Å². The summed E-state index contributed by atoms with van der Waals surface area (Å²) in [6.45, 7) is 0.432. The molecule has 3 aromatic carbocycles. The molecule has 0 unspecified atom stereocenters. The molecule has 1 aliphatic heterocycles. The number of amides is 1. The Morgan fingerprint density at radius 2 is 1.76 bits per heavy atom. The lowest BCUT2D eigenvalue weighted by atomic mass is 10.0. The van der Waals surface area contributed by atoms with E-state index in [1.165, 1.54) is 40.3 Å². The summed E-state index contributed by atoms with van der Waals surface area (Å²) >= 11 is 1.50. The molecule has 0 fully saturated rings. The van der Waals surface area contributed by atoms with E-state index >= 15 is 0 Å². The SMILES string of the molecule is N#CCCSc1ccccc1NC(=O)c1ccc(S(=O)(=O)N2CCCc3ccccc32)cc1. The first-order valence-corrected chi connectivity index (χ1v) is 13.0. The minimum atomic E-state index is -3.72. The summed E-state index contributed by atoms with van der Waals surface area (Å²) in [4.78, 5) is 13.8. The van der Waals surface area contributed by atoms with Gasteiger partial charge in [0.15, 0.2) is 0 Å². The summed E-state index contributed by atoms with van der Waals surface area (Å²) in [7, 11) is -3.72.